The normalized spacial score (nSPS) is 11.3. The number of benzene rings is 1. The smallest absolute Gasteiger partial charge is 0.335 e. The summed E-state index contributed by atoms with van der Waals surface area (Å²) in [6.45, 7) is 0.341. The summed E-state index contributed by atoms with van der Waals surface area (Å²) >= 11 is 0. The van der Waals surface area contributed by atoms with Gasteiger partial charge in [0.2, 0.25) is 15.7 Å². The highest BCUT2D eigenvalue weighted by molar-refractivity contribution is 7.90. The molecule has 0 bridgehead atoms. The Morgan fingerprint density at radius 2 is 1.96 bits per heavy atom. The molecule has 1 N–H and O–H groups in total. The number of aromatic nitrogens is 3. The Morgan fingerprint density at radius 3 is 2.71 bits per heavy atom. The first-order chi connectivity index (χ1) is 13.5. The Balaban J connectivity index is 1.52. The quantitative estimate of drug-likeness (QED) is 0.571. The molecule has 3 aromatic rings. The maximum atomic E-state index is 13.7. The lowest BCUT2D eigenvalue weighted by Gasteiger charge is -2.03. The zero-order valence-corrected chi connectivity index (χ0v) is 15.5. The van der Waals surface area contributed by atoms with Crippen LogP contribution in [0.4, 0.5) is 4.39 Å². The molecule has 2 heterocycles. The standard InChI is InChI=1S/C18H17FN4O4S/c19-15-7-2-1-5-14(15)12-28(25,26)18-23-22-16(27-18)8-4-10-21-17(24)13-6-3-9-20-11-13/h1-3,5-7,9,11H,4,8,10,12H2,(H,21,24). The molecule has 0 atom stereocenters. The lowest BCUT2D eigenvalue weighted by Crippen LogP contribution is -2.24. The fraction of sp³-hybridized carbons (Fsp3) is 0.222. The van der Waals surface area contributed by atoms with Crippen LogP contribution in [0.2, 0.25) is 0 Å². The zero-order valence-electron chi connectivity index (χ0n) is 14.7. The lowest BCUT2D eigenvalue weighted by molar-refractivity contribution is 0.0952. The minimum atomic E-state index is -3.95. The summed E-state index contributed by atoms with van der Waals surface area (Å²) < 4.78 is 43.5. The molecule has 28 heavy (non-hydrogen) atoms. The highest BCUT2D eigenvalue weighted by atomic mass is 32.2. The second-order valence-corrected chi connectivity index (χ2v) is 7.78. The van der Waals surface area contributed by atoms with Crippen molar-refractivity contribution < 1.29 is 22.0 Å². The van der Waals surface area contributed by atoms with Crippen molar-refractivity contribution in [2.75, 3.05) is 6.54 Å². The summed E-state index contributed by atoms with van der Waals surface area (Å²) in [6, 6.07) is 8.90. The molecule has 146 valence electrons. The fourth-order valence-corrected chi connectivity index (χ4v) is 3.54. The highest BCUT2D eigenvalue weighted by Gasteiger charge is 2.24. The summed E-state index contributed by atoms with van der Waals surface area (Å²) in [4.78, 5) is 15.7. The maximum Gasteiger partial charge on any atom is 0.335 e. The molecule has 0 aliphatic carbocycles. The van der Waals surface area contributed by atoms with Crippen molar-refractivity contribution in [2.45, 2.75) is 23.8 Å². The van der Waals surface area contributed by atoms with Gasteiger partial charge in [-0.15, -0.1) is 5.10 Å². The molecule has 1 aromatic carbocycles. The summed E-state index contributed by atoms with van der Waals surface area (Å²) in [5.74, 6) is -1.31. The summed E-state index contributed by atoms with van der Waals surface area (Å²) in [7, 11) is -3.95. The predicted octanol–water partition coefficient (Wildman–Crippen LogP) is 1.94. The Labute approximate surface area is 160 Å². The van der Waals surface area contributed by atoms with Crippen LogP contribution in [-0.4, -0.2) is 36.1 Å². The SMILES string of the molecule is O=C(NCCCc1nnc(S(=O)(=O)Cc2ccccc2F)o1)c1cccnc1. The number of nitrogens with one attached hydrogen (secondary N) is 1. The van der Waals surface area contributed by atoms with E-state index in [1.165, 1.54) is 24.4 Å². The van der Waals surface area contributed by atoms with Crippen LogP contribution in [0, 0.1) is 5.82 Å². The molecule has 0 aliphatic heterocycles. The molecule has 0 fully saturated rings. The van der Waals surface area contributed by atoms with Gasteiger partial charge >= 0.3 is 5.22 Å². The molecule has 1 amide bonds. The van der Waals surface area contributed by atoms with Gasteiger partial charge in [0, 0.05) is 30.9 Å². The average molecular weight is 404 g/mol. The van der Waals surface area contributed by atoms with Gasteiger partial charge in [-0.3, -0.25) is 9.78 Å². The van der Waals surface area contributed by atoms with Gasteiger partial charge in [-0.1, -0.05) is 23.3 Å². The van der Waals surface area contributed by atoms with E-state index >= 15 is 0 Å². The summed E-state index contributed by atoms with van der Waals surface area (Å²) in [5, 5.41) is 9.43. The molecule has 0 aliphatic rings. The van der Waals surface area contributed by atoms with E-state index in [0.29, 0.717) is 18.5 Å². The number of carbonyl (C=O) groups is 1. The molecule has 10 heteroatoms. The third-order valence-electron chi connectivity index (χ3n) is 3.79. The molecular formula is C18H17FN4O4S. The first kappa shape index (κ1) is 19.6. The lowest BCUT2D eigenvalue weighted by atomic mass is 10.2. The van der Waals surface area contributed by atoms with Crippen molar-refractivity contribution in [3.63, 3.8) is 0 Å². The molecule has 0 saturated carbocycles. The van der Waals surface area contributed by atoms with E-state index in [1.54, 1.807) is 24.4 Å². The number of rotatable bonds is 8. The van der Waals surface area contributed by atoms with Crippen LogP contribution in [-0.2, 0) is 22.0 Å². The van der Waals surface area contributed by atoms with Gasteiger partial charge in [0.25, 0.3) is 5.91 Å². The van der Waals surface area contributed by atoms with Crippen LogP contribution in [0.25, 0.3) is 0 Å². The van der Waals surface area contributed by atoms with Crippen LogP contribution < -0.4 is 5.32 Å². The Bertz CT molecular complexity index is 1050. The number of halogens is 1. The van der Waals surface area contributed by atoms with E-state index in [-0.39, 0.29) is 23.8 Å². The Morgan fingerprint density at radius 1 is 1.14 bits per heavy atom. The molecule has 8 nitrogen and oxygen atoms in total. The van der Waals surface area contributed by atoms with E-state index < -0.39 is 26.6 Å². The molecule has 0 saturated heterocycles. The number of carbonyl (C=O) groups excluding carboxylic acids is 1. The van der Waals surface area contributed by atoms with E-state index in [1.807, 2.05) is 0 Å². The number of pyridine rings is 1. The molecular weight excluding hydrogens is 387 g/mol. The number of sulfone groups is 1. The topological polar surface area (TPSA) is 115 Å². The minimum absolute atomic E-state index is 0.0281. The monoisotopic (exact) mass is 404 g/mol. The Hall–Kier alpha value is -3.14. The number of amides is 1. The fourth-order valence-electron chi connectivity index (χ4n) is 2.39. The molecule has 0 unspecified atom stereocenters. The van der Waals surface area contributed by atoms with Gasteiger partial charge < -0.3 is 9.73 Å². The van der Waals surface area contributed by atoms with Crippen molar-refractivity contribution in [2.24, 2.45) is 0 Å². The number of nitrogens with zero attached hydrogens (tertiary/aromatic N) is 3. The van der Waals surface area contributed by atoms with Crippen LogP contribution in [0.3, 0.4) is 0 Å². The van der Waals surface area contributed by atoms with Gasteiger partial charge in [0.15, 0.2) is 0 Å². The van der Waals surface area contributed by atoms with Crippen molar-refractivity contribution >= 4 is 15.7 Å². The van der Waals surface area contributed by atoms with Crippen LogP contribution in [0.15, 0.2) is 58.4 Å². The summed E-state index contributed by atoms with van der Waals surface area (Å²) in [5.41, 5.74) is 0.474. The van der Waals surface area contributed by atoms with Crippen LogP contribution >= 0.6 is 0 Å². The third-order valence-corrected chi connectivity index (χ3v) is 5.18. The average Bonchev–Trinajstić information content (AvgIpc) is 3.17. The van der Waals surface area contributed by atoms with Crippen molar-refractivity contribution in [3.8, 4) is 0 Å². The highest BCUT2D eigenvalue weighted by Crippen LogP contribution is 2.17. The molecule has 0 radical (unpaired) electrons. The minimum Gasteiger partial charge on any atom is -0.413 e. The molecule has 0 spiro atoms. The number of hydrogen-bond acceptors (Lipinski definition) is 7. The second kappa shape index (κ2) is 8.70. The van der Waals surface area contributed by atoms with Gasteiger partial charge in [-0.05, 0) is 24.6 Å². The van der Waals surface area contributed by atoms with Gasteiger partial charge in [0.1, 0.15) is 5.82 Å². The Kier molecular flexibility index (Phi) is 6.09. The second-order valence-electron chi connectivity index (χ2n) is 5.91. The van der Waals surface area contributed by atoms with Crippen molar-refractivity contribution in [1.29, 1.82) is 0 Å². The van der Waals surface area contributed by atoms with Crippen molar-refractivity contribution in [3.05, 3.63) is 71.6 Å². The van der Waals surface area contributed by atoms with Crippen LogP contribution in [0.1, 0.15) is 28.2 Å². The first-order valence-electron chi connectivity index (χ1n) is 8.42. The van der Waals surface area contributed by atoms with E-state index in [9.17, 15) is 17.6 Å². The molecule has 2 aromatic heterocycles. The first-order valence-corrected chi connectivity index (χ1v) is 10.1. The third kappa shape index (κ3) is 4.97. The van der Waals surface area contributed by atoms with Crippen LogP contribution in [0.5, 0.6) is 0 Å². The van der Waals surface area contributed by atoms with Gasteiger partial charge in [-0.2, -0.15) is 0 Å². The van der Waals surface area contributed by atoms with Gasteiger partial charge in [0.05, 0.1) is 11.3 Å². The largest absolute Gasteiger partial charge is 0.413 e. The van der Waals surface area contributed by atoms with Crippen molar-refractivity contribution in [1.82, 2.24) is 20.5 Å². The predicted molar refractivity (Wildman–Crippen MR) is 96.5 cm³/mol. The number of aryl methyl sites for hydroxylation is 1. The summed E-state index contributed by atoms with van der Waals surface area (Å²) in [6.07, 6.45) is 3.79. The van der Waals surface area contributed by atoms with E-state index in [2.05, 4.69) is 20.5 Å². The van der Waals surface area contributed by atoms with E-state index in [0.717, 1.165) is 0 Å². The number of hydrogen-bond donors (Lipinski definition) is 1. The zero-order chi connectivity index (χ0) is 20.0. The van der Waals surface area contributed by atoms with E-state index in [4.69, 9.17) is 4.42 Å². The molecule has 3 rings (SSSR count). The maximum absolute atomic E-state index is 13.7. The van der Waals surface area contributed by atoms with Gasteiger partial charge in [-0.25, -0.2) is 12.8 Å².